The maximum atomic E-state index is 4.62. The van der Waals surface area contributed by atoms with Crippen LogP contribution in [0.3, 0.4) is 0 Å². The first-order valence-corrected chi connectivity index (χ1v) is 6.64. The second-order valence-electron chi connectivity index (χ2n) is 6.03. The summed E-state index contributed by atoms with van der Waals surface area (Å²) in [4.78, 5) is 9.13. The van der Waals surface area contributed by atoms with E-state index in [9.17, 15) is 0 Å². The lowest BCUT2D eigenvalue weighted by Gasteiger charge is -2.30. The SMILES string of the molecule is Cc1cnc2cc3c(cc2n1)[C@@]1(C)CNC[C@@H]3C1. The molecule has 2 atom stereocenters. The van der Waals surface area contributed by atoms with E-state index in [2.05, 4.69) is 34.3 Å². The van der Waals surface area contributed by atoms with Gasteiger partial charge in [0.05, 0.1) is 16.7 Å². The second kappa shape index (κ2) is 3.29. The van der Waals surface area contributed by atoms with Crippen molar-refractivity contribution in [2.24, 2.45) is 0 Å². The first kappa shape index (κ1) is 10.4. The minimum atomic E-state index is 0.290. The molecule has 1 saturated heterocycles. The Morgan fingerprint density at radius 1 is 1.33 bits per heavy atom. The second-order valence-corrected chi connectivity index (χ2v) is 6.03. The number of hydrogen-bond acceptors (Lipinski definition) is 3. The Bertz CT molecular complexity index is 649. The highest BCUT2D eigenvalue weighted by atomic mass is 14.9. The van der Waals surface area contributed by atoms with Crippen LogP contribution >= 0.6 is 0 Å². The summed E-state index contributed by atoms with van der Waals surface area (Å²) in [5.41, 5.74) is 6.35. The smallest absolute Gasteiger partial charge is 0.0893 e. The summed E-state index contributed by atoms with van der Waals surface area (Å²) in [6.07, 6.45) is 3.13. The van der Waals surface area contributed by atoms with Gasteiger partial charge in [-0.25, -0.2) is 4.98 Å². The first-order valence-electron chi connectivity index (χ1n) is 6.64. The van der Waals surface area contributed by atoms with Crippen LogP contribution in [-0.4, -0.2) is 23.1 Å². The number of benzene rings is 1. The summed E-state index contributed by atoms with van der Waals surface area (Å²) in [6, 6.07) is 4.54. The molecule has 0 spiro atoms. The van der Waals surface area contributed by atoms with Gasteiger partial charge in [-0.3, -0.25) is 4.98 Å². The van der Waals surface area contributed by atoms with Crippen molar-refractivity contribution in [3.05, 3.63) is 35.2 Å². The predicted molar refractivity (Wildman–Crippen MR) is 71.9 cm³/mol. The molecular formula is C15H17N3. The Morgan fingerprint density at radius 3 is 3.11 bits per heavy atom. The van der Waals surface area contributed by atoms with Crippen LogP contribution in [0.2, 0.25) is 0 Å². The number of piperidine rings is 1. The molecule has 0 saturated carbocycles. The highest BCUT2D eigenvalue weighted by molar-refractivity contribution is 5.78. The van der Waals surface area contributed by atoms with Gasteiger partial charge in [-0.1, -0.05) is 6.92 Å². The van der Waals surface area contributed by atoms with Gasteiger partial charge < -0.3 is 5.32 Å². The molecule has 1 aromatic carbocycles. The van der Waals surface area contributed by atoms with E-state index >= 15 is 0 Å². The van der Waals surface area contributed by atoms with Crippen molar-refractivity contribution in [3.63, 3.8) is 0 Å². The van der Waals surface area contributed by atoms with Crippen molar-refractivity contribution in [2.75, 3.05) is 13.1 Å². The van der Waals surface area contributed by atoms with Crippen molar-refractivity contribution < 1.29 is 0 Å². The molecule has 0 radical (unpaired) electrons. The average molecular weight is 239 g/mol. The Labute approximate surface area is 107 Å². The molecule has 1 aliphatic heterocycles. The minimum Gasteiger partial charge on any atom is -0.315 e. The van der Waals surface area contributed by atoms with Gasteiger partial charge in [-0.2, -0.15) is 0 Å². The number of nitrogens with zero attached hydrogens (tertiary/aromatic N) is 2. The Morgan fingerprint density at radius 2 is 2.22 bits per heavy atom. The maximum absolute atomic E-state index is 4.62. The molecule has 2 bridgehead atoms. The summed E-state index contributed by atoms with van der Waals surface area (Å²) in [5.74, 6) is 0.659. The van der Waals surface area contributed by atoms with Crippen molar-refractivity contribution in [1.82, 2.24) is 15.3 Å². The molecule has 2 heterocycles. The van der Waals surface area contributed by atoms with Gasteiger partial charge in [0.2, 0.25) is 0 Å². The Balaban J connectivity index is 2.02. The fourth-order valence-corrected chi connectivity index (χ4v) is 3.66. The summed E-state index contributed by atoms with van der Waals surface area (Å²) in [5, 5.41) is 3.56. The fourth-order valence-electron chi connectivity index (χ4n) is 3.66. The normalized spacial score (nSPS) is 29.6. The number of nitrogens with one attached hydrogen (secondary N) is 1. The quantitative estimate of drug-likeness (QED) is 0.766. The third-order valence-corrected chi connectivity index (χ3v) is 4.53. The molecule has 3 heteroatoms. The van der Waals surface area contributed by atoms with Gasteiger partial charge in [0.1, 0.15) is 0 Å². The molecule has 2 aliphatic rings. The van der Waals surface area contributed by atoms with E-state index in [1.165, 1.54) is 17.5 Å². The number of aromatic nitrogens is 2. The van der Waals surface area contributed by atoms with Gasteiger partial charge in [0.25, 0.3) is 0 Å². The van der Waals surface area contributed by atoms with Gasteiger partial charge in [0, 0.05) is 24.7 Å². The zero-order valence-corrected chi connectivity index (χ0v) is 10.8. The summed E-state index contributed by atoms with van der Waals surface area (Å²) in [7, 11) is 0. The van der Waals surface area contributed by atoms with Gasteiger partial charge >= 0.3 is 0 Å². The minimum absolute atomic E-state index is 0.290. The van der Waals surface area contributed by atoms with Crippen LogP contribution in [0.15, 0.2) is 18.3 Å². The fraction of sp³-hybridized carbons (Fsp3) is 0.467. The topological polar surface area (TPSA) is 37.8 Å². The van der Waals surface area contributed by atoms with Crippen molar-refractivity contribution >= 4 is 11.0 Å². The molecule has 92 valence electrons. The van der Waals surface area contributed by atoms with E-state index in [4.69, 9.17) is 0 Å². The van der Waals surface area contributed by atoms with Gasteiger partial charge in [0.15, 0.2) is 0 Å². The number of aryl methyl sites for hydroxylation is 1. The Hall–Kier alpha value is -1.48. The molecule has 1 aliphatic carbocycles. The van der Waals surface area contributed by atoms with Crippen molar-refractivity contribution in [2.45, 2.75) is 31.6 Å². The number of fused-ring (bicyclic) bond motifs is 6. The maximum Gasteiger partial charge on any atom is 0.0893 e. The summed E-state index contributed by atoms with van der Waals surface area (Å²) in [6.45, 7) is 6.56. The van der Waals surface area contributed by atoms with Crippen LogP contribution in [0.1, 0.15) is 36.1 Å². The highest BCUT2D eigenvalue weighted by Crippen LogP contribution is 2.48. The van der Waals surface area contributed by atoms with Gasteiger partial charge in [-0.05, 0) is 42.5 Å². The monoisotopic (exact) mass is 239 g/mol. The molecule has 1 aromatic heterocycles. The number of hydrogen-bond donors (Lipinski definition) is 1. The first-order chi connectivity index (χ1) is 8.66. The van der Waals surface area contributed by atoms with Crippen LogP contribution in [0.25, 0.3) is 11.0 Å². The molecule has 4 rings (SSSR count). The zero-order chi connectivity index (χ0) is 12.3. The summed E-state index contributed by atoms with van der Waals surface area (Å²) >= 11 is 0. The molecule has 0 amide bonds. The van der Waals surface area contributed by atoms with Crippen LogP contribution in [0.5, 0.6) is 0 Å². The molecule has 2 aromatic rings. The van der Waals surface area contributed by atoms with E-state index in [1.54, 1.807) is 0 Å². The lowest BCUT2D eigenvalue weighted by Crippen LogP contribution is -2.39. The van der Waals surface area contributed by atoms with Crippen LogP contribution < -0.4 is 5.32 Å². The molecule has 1 fully saturated rings. The van der Waals surface area contributed by atoms with E-state index in [1.807, 2.05) is 13.1 Å². The third-order valence-electron chi connectivity index (χ3n) is 4.53. The predicted octanol–water partition coefficient (Wildman–Crippen LogP) is 2.29. The molecular weight excluding hydrogens is 222 g/mol. The molecule has 3 nitrogen and oxygen atoms in total. The van der Waals surface area contributed by atoms with Crippen molar-refractivity contribution in [1.29, 1.82) is 0 Å². The van der Waals surface area contributed by atoms with Crippen LogP contribution in [-0.2, 0) is 5.41 Å². The van der Waals surface area contributed by atoms with Crippen LogP contribution in [0.4, 0.5) is 0 Å². The van der Waals surface area contributed by atoms with Gasteiger partial charge in [-0.15, -0.1) is 0 Å². The molecule has 18 heavy (non-hydrogen) atoms. The van der Waals surface area contributed by atoms with Crippen molar-refractivity contribution in [3.8, 4) is 0 Å². The zero-order valence-electron chi connectivity index (χ0n) is 10.8. The van der Waals surface area contributed by atoms with Crippen LogP contribution in [0, 0.1) is 6.92 Å². The number of rotatable bonds is 0. The molecule has 1 N–H and O–H groups in total. The average Bonchev–Trinajstić information content (AvgIpc) is 2.54. The van der Waals surface area contributed by atoms with E-state index in [-0.39, 0.29) is 5.41 Å². The van der Waals surface area contributed by atoms with E-state index < -0.39 is 0 Å². The Kier molecular flexibility index (Phi) is 1.91. The highest BCUT2D eigenvalue weighted by Gasteiger charge is 2.43. The molecule has 0 unspecified atom stereocenters. The standard InChI is InChI=1S/C15H17N3/c1-9-6-17-13-3-11-10-5-15(2,8-16-7-10)12(11)4-14(13)18-9/h3-4,6,10,16H,5,7-8H2,1-2H3/t10-,15+/m0/s1. The summed E-state index contributed by atoms with van der Waals surface area (Å²) < 4.78 is 0. The lowest BCUT2D eigenvalue weighted by atomic mass is 9.81. The largest absolute Gasteiger partial charge is 0.315 e. The van der Waals surface area contributed by atoms with E-state index in [0.29, 0.717) is 5.92 Å². The third kappa shape index (κ3) is 1.28. The van der Waals surface area contributed by atoms with E-state index in [0.717, 1.165) is 29.8 Å². The lowest BCUT2D eigenvalue weighted by molar-refractivity contribution is 0.346.